The summed E-state index contributed by atoms with van der Waals surface area (Å²) in [4.78, 5) is 13.0. The summed E-state index contributed by atoms with van der Waals surface area (Å²) in [6.45, 7) is 5.95. The Morgan fingerprint density at radius 1 is 1.15 bits per heavy atom. The zero-order valence-electron chi connectivity index (χ0n) is 15.4. The summed E-state index contributed by atoms with van der Waals surface area (Å²) in [5, 5.41) is 12.3. The lowest BCUT2D eigenvalue weighted by Crippen LogP contribution is -2.21. The normalized spacial score (nSPS) is 13.2. The Morgan fingerprint density at radius 3 is 2.65 bits per heavy atom. The van der Waals surface area contributed by atoms with Gasteiger partial charge >= 0.3 is 0 Å². The molecule has 1 aromatic carbocycles. The molecule has 1 amide bonds. The van der Waals surface area contributed by atoms with Crippen molar-refractivity contribution in [2.75, 3.05) is 5.32 Å². The molecule has 26 heavy (non-hydrogen) atoms. The summed E-state index contributed by atoms with van der Waals surface area (Å²) in [5.74, 6) is 0.633. The molecule has 3 aromatic rings. The van der Waals surface area contributed by atoms with E-state index < -0.39 is 0 Å². The Bertz CT molecular complexity index is 952. The smallest absolute Gasteiger partial charge is 0.275 e. The highest BCUT2D eigenvalue weighted by atomic mass is 16.2. The fourth-order valence-electron chi connectivity index (χ4n) is 3.53. The van der Waals surface area contributed by atoms with Crippen molar-refractivity contribution in [3.63, 3.8) is 0 Å². The van der Waals surface area contributed by atoms with E-state index in [0.29, 0.717) is 5.69 Å². The zero-order valence-corrected chi connectivity index (χ0v) is 15.4. The average Bonchev–Trinajstić information content (AvgIpc) is 3.31. The molecule has 6 heteroatoms. The molecule has 1 aliphatic rings. The van der Waals surface area contributed by atoms with Crippen LogP contribution in [0.15, 0.2) is 36.4 Å². The number of para-hydroxylation sites is 1. The fraction of sp³-hybridized carbons (Fsp3) is 0.350. The average molecular weight is 349 g/mol. The molecule has 2 heterocycles. The third-order valence-corrected chi connectivity index (χ3v) is 4.72. The minimum absolute atomic E-state index is 0.120. The van der Waals surface area contributed by atoms with Gasteiger partial charge in [-0.3, -0.25) is 9.48 Å². The van der Waals surface area contributed by atoms with Crippen LogP contribution in [0.2, 0.25) is 0 Å². The number of nitrogens with zero attached hydrogens (tertiary/aromatic N) is 4. The largest absolute Gasteiger partial charge is 0.305 e. The summed E-state index contributed by atoms with van der Waals surface area (Å²) in [7, 11) is 0. The second kappa shape index (κ2) is 6.44. The number of carbonyl (C=O) groups excluding carboxylic acids is 1. The quantitative estimate of drug-likeness (QED) is 0.781. The number of aromatic nitrogens is 4. The highest BCUT2D eigenvalue weighted by Crippen LogP contribution is 2.31. The highest BCUT2D eigenvalue weighted by Gasteiger charge is 2.26. The number of benzene rings is 1. The van der Waals surface area contributed by atoms with Gasteiger partial charge in [-0.15, -0.1) is 0 Å². The van der Waals surface area contributed by atoms with Crippen LogP contribution in [-0.2, 0) is 12.8 Å². The Labute approximate surface area is 152 Å². The van der Waals surface area contributed by atoms with E-state index >= 15 is 0 Å². The molecule has 0 radical (unpaired) electrons. The molecule has 134 valence electrons. The monoisotopic (exact) mass is 349 g/mol. The van der Waals surface area contributed by atoms with Gasteiger partial charge in [0.2, 0.25) is 0 Å². The number of rotatable bonds is 4. The molecule has 0 atom stereocenters. The Balaban J connectivity index is 1.74. The molecule has 0 bridgehead atoms. The van der Waals surface area contributed by atoms with E-state index in [1.165, 1.54) is 0 Å². The van der Waals surface area contributed by atoms with Crippen LogP contribution in [0, 0.1) is 6.92 Å². The van der Waals surface area contributed by atoms with Crippen molar-refractivity contribution >= 4 is 11.7 Å². The molecule has 2 aromatic heterocycles. The third kappa shape index (κ3) is 2.81. The van der Waals surface area contributed by atoms with Crippen molar-refractivity contribution < 1.29 is 4.79 Å². The first-order chi connectivity index (χ1) is 12.5. The van der Waals surface area contributed by atoms with Gasteiger partial charge in [0, 0.05) is 11.6 Å². The first kappa shape index (κ1) is 16.6. The first-order valence-corrected chi connectivity index (χ1v) is 9.08. The van der Waals surface area contributed by atoms with E-state index in [9.17, 15) is 4.79 Å². The highest BCUT2D eigenvalue weighted by molar-refractivity contribution is 6.03. The van der Waals surface area contributed by atoms with E-state index in [1.54, 1.807) is 4.68 Å². The lowest BCUT2D eigenvalue weighted by Gasteiger charge is -2.13. The van der Waals surface area contributed by atoms with Crippen LogP contribution in [0.4, 0.5) is 5.82 Å². The lowest BCUT2D eigenvalue weighted by atomic mass is 10.2. The number of carbonyl (C=O) groups is 1. The predicted octanol–water partition coefficient (Wildman–Crippen LogP) is 3.70. The van der Waals surface area contributed by atoms with Gasteiger partial charge in [0.1, 0.15) is 11.5 Å². The van der Waals surface area contributed by atoms with Gasteiger partial charge in [-0.25, -0.2) is 4.68 Å². The molecule has 6 nitrogen and oxygen atoms in total. The van der Waals surface area contributed by atoms with Crippen molar-refractivity contribution in [1.29, 1.82) is 0 Å². The Morgan fingerprint density at radius 2 is 1.92 bits per heavy atom. The first-order valence-electron chi connectivity index (χ1n) is 9.08. The summed E-state index contributed by atoms with van der Waals surface area (Å²) in [5.41, 5.74) is 4.59. The molecule has 0 saturated carbocycles. The van der Waals surface area contributed by atoms with Gasteiger partial charge < -0.3 is 5.32 Å². The van der Waals surface area contributed by atoms with Crippen LogP contribution in [0.5, 0.6) is 0 Å². The van der Waals surface area contributed by atoms with Gasteiger partial charge in [0.15, 0.2) is 0 Å². The lowest BCUT2D eigenvalue weighted by molar-refractivity contribution is 0.101. The van der Waals surface area contributed by atoms with Crippen LogP contribution < -0.4 is 5.32 Å². The topological polar surface area (TPSA) is 64.7 Å². The second-order valence-electron chi connectivity index (χ2n) is 7.04. The molecular formula is C20H23N5O. The maximum Gasteiger partial charge on any atom is 0.275 e. The minimum Gasteiger partial charge on any atom is -0.305 e. The number of aryl methyl sites for hydroxylation is 2. The van der Waals surface area contributed by atoms with Crippen LogP contribution in [0.3, 0.4) is 0 Å². The number of hydrogen-bond acceptors (Lipinski definition) is 3. The molecule has 1 aliphatic carbocycles. The Kier molecular flexibility index (Phi) is 4.11. The minimum atomic E-state index is -0.147. The number of anilines is 1. The molecular weight excluding hydrogens is 326 g/mol. The van der Waals surface area contributed by atoms with E-state index in [1.807, 2.05) is 61.9 Å². The molecule has 0 unspecified atom stereocenters. The summed E-state index contributed by atoms with van der Waals surface area (Å²) >= 11 is 0. The SMILES string of the molecule is Cc1cc(C(=O)Nc2c3c(nn2-c2ccccc2)CCC3)n(C(C)C)n1. The summed E-state index contributed by atoms with van der Waals surface area (Å²) < 4.78 is 3.62. The van der Waals surface area contributed by atoms with E-state index in [-0.39, 0.29) is 11.9 Å². The third-order valence-electron chi connectivity index (χ3n) is 4.72. The van der Waals surface area contributed by atoms with Gasteiger partial charge in [-0.1, -0.05) is 18.2 Å². The van der Waals surface area contributed by atoms with E-state index in [0.717, 1.165) is 47.7 Å². The standard InChI is InChI=1S/C20H23N5O/c1-13(2)24-18(12-14(3)22-24)20(26)21-19-16-10-7-11-17(16)23-25(19)15-8-5-4-6-9-15/h4-6,8-9,12-13H,7,10-11H2,1-3H3,(H,21,26). The number of nitrogens with one attached hydrogen (secondary N) is 1. The fourth-order valence-corrected chi connectivity index (χ4v) is 3.53. The molecule has 0 spiro atoms. The van der Waals surface area contributed by atoms with Gasteiger partial charge in [0.05, 0.1) is 17.1 Å². The second-order valence-corrected chi connectivity index (χ2v) is 7.04. The molecule has 0 aliphatic heterocycles. The number of fused-ring (bicyclic) bond motifs is 1. The molecule has 4 rings (SSSR count). The van der Waals surface area contributed by atoms with Crippen molar-refractivity contribution in [3.8, 4) is 5.69 Å². The van der Waals surface area contributed by atoms with Crippen LogP contribution in [-0.4, -0.2) is 25.5 Å². The van der Waals surface area contributed by atoms with E-state index in [2.05, 4.69) is 10.4 Å². The maximum atomic E-state index is 13.0. The van der Waals surface area contributed by atoms with E-state index in [4.69, 9.17) is 5.10 Å². The van der Waals surface area contributed by atoms with Crippen molar-refractivity contribution in [1.82, 2.24) is 19.6 Å². The van der Waals surface area contributed by atoms with Gasteiger partial charge in [-0.05, 0) is 58.2 Å². The van der Waals surface area contributed by atoms with Crippen molar-refractivity contribution in [2.24, 2.45) is 0 Å². The maximum absolute atomic E-state index is 13.0. The zero-order chi connectivity index (χ0) is 18.3. The molecule has 0 saturated heterocycles. The number of hydrogen-bond donors (Lipinski definition) is 1. The van der Waals surface area contributed by atoms with Gasteiger partial charge in [-0.2, -0.15) is 10.2 Å². The van der Waals surface area contributed by atoms with Crippen LogP contribution in [0.1, 0.15) is 53.7 Å². The van der Waals surface area contributed by atoms with Crippen molar-refractivity contribution in [2.45, 2.75) is 46.1 Å². The van der Waals surface area contributed by atoms with Crippen LogP contribution >= 0.6 is 0 Å². The predicted molar refractivity (Wildman–Crippen MR) is 101 cm³/mol. The molecule has 1 N–H and O–H groups in total. The Hall–Kier alpha value is -2.89. The molecule has 0 fully saturated rings. The van der Waals surface area contributed by atoms with Crippen LogP contribution in [0.25, 0.3) is 5.69 Å². The van der Waals surface area contributed by atoms with Gasteiger partial charge in [0.25, 0.3) is 5.91 Å². The number of amides is 1. The summed E-state index contributed by atoms with van der Waals surface area (Å²) in [6, 6.07) is 11.9. The summed E-state index contributed by atoms with van der Waals surface area (Å²) in [6.07, 6.45) is 2.99. The van der Waals surface area contributed by atoms with Crippen molar-refractivity contribution in [3.05, 3.63) is 59.0 Å².